The summed E-state index contributed by atoms with van der Waals surface area (Å²) in [5.41, 5.74) is -5.53. The molecule has 0 radical (unpaired) electrons. The van der Waals surface area contributed by atoms with Gasteiger partial charge in [-0.05, 0) is 108 Å². The molecule has 0 bridgehead atoms. The van der Waals surface area contributed by atoms with Gasteiger partial charge < -0.3 is 0 Å². The van der Waals surface area contributed by atoms with E-state index in [2.05, 4.69) is 0 Å². The molecule has 286 valence electrons. The first-order valence-corrected chi connectivity index (χ1v) is 16.8. The van der Waals surface area contributed by atoms with Crippen molar-refractivity contribution >= 4 is 0 Å². The smallest absolute Gasteiger partial charge is 0.248 e. The molecule has 0 aromatic heterocycles. The van der Waals surface area contributed by atoms with Gasteiger partial charge in [-0.2, -0.15) is 39.1 Å². The topological polar surface area (TPSA) is 151 Å². The summed E-state index contributed by atoms with van der Waals surface area (Å²) in [5.74, 6) is -9.35. The lowest BCUT2D eigenvalue weighted by atomic mass is 9.64. The molecule has 0 aromatic rings. The normalized spacial score (nSPS) is 30.8. The summed E-state index contributed by atoms with van der Waals surface area (Å²) < 4.78 is 0. The summed E-state index contributed by atoms with van der Waals surface area (Å²) in [5, 5.41) is 21.8. The van der Waals surface area contributed by atoms with Gasteiger partial charge in [0, 0.05) is 23.7 Å². The summed E-state index contributed by atoms with van der Waals surface area (Å²) >= 11 is 0. The lowest BCUT2D eigenvalue weighted by Crippen LogP contribution is -2.74. The van der Waals surface area contributed by atoms with E-state index in [4.69, 9.17) is 58.7 Å². The van der Waals surface area contributed by atoms with Gasteiger partial charge in [-0.15, -0.1) is 0 Å². The molecule has 2 fully saturated rings. The lowest BCUT2D eigenvalue weighted by molar-refractivity contribution is -0.705. The number of rotatable bonds is 13. The van der Waals surface area contributed by atoms with Crippen molar-refractivity contribution < 1.29 is 69.2 Å². The fraction of sp³-hybridized carbons (Fsp3) is 1.00. The van der Waals surface area contributed by atoms with Crippen molar-refractivity contribution in [2.75, 3.05) is 0 Å². The van der Waals surface area contributed by atoms with Crippen LogP contribution < -0.4 is 0 Å². The van der Waals surface area contributed by atoms with Crippen molar-refractivity contribution in [2.45, 2.75) is 196 Å². The van der Waals surface area contributed by atoms with E-state index in [1.807, 2.05) is 41.5 Å². The van der Waals surface area contributed by atoms with Crippen molar-refractivity contribution in [2.24, 2.45) is 22.7 Å². The van der Waals surface area contributed by atoms with Gasteiger partial charge in [0.15, 0.2) is 0 Å². The van der Waals surface area contributed by atoms with Gasteiger partial charge in [-0.3, -0.25) is 0 Å². The van der Waals surface area contributed by atoms with Gasteiger partial charge in [-0.25, -0.2) is 30.1 Å². The van der Waals surface area contributed by atoms with E-state index in [0.717, 1.165) is 0 Å². The van der Waals surface area contributed by atoms with E-state index < -0.39 is 56.4 Å². The second kappa shape index (κ2) is 14.5. The van der Waals surface area contributed by atoms with Crippen molar-refractivity contribution in [1.29, 1.82) is 0 Å². The Bertz CT molecular complexity index is 916. The van der Waals surface area contributed by atoms with Crippen LogP contribution in [0.1, 0.15) is 150 Å². The molecule has 4 atom stereocenters. The highest BCUT2D eigenvalue weighted by Gasteiger charge is 2.76. The Labute approximate surface area is 287 Å². The maximum absolute atomic E-state index is 10.9. The van der Waals surface area contributed by atoms with Crippen LogP contribution in [0.4, 0.5) is 0 Å². The monoisotopic (exact) mass is 698 g/mol. The molecule has 2 aliphatic rings. The third kappa shape index (κ3) is 9.65. The quantitative estimate of drug-likeness (QED) is 0.107. The third-order valence-corrected chi connectivity index (χ3v) is 7.98. The first-order valence-electron chi connectivity index (χ1n) is 16.8. The standard InChI is InChI=1S/C34H66O14/c1-23-19-29(15,16)33(45-39-25(3,4)5,46-40-26(6,7)8)31(21-23,37-35)43-44-32(38-36)22-24(2)20-30(17,18)34(32,47-41-27(9,10)11)48-42-28(12,13)14/h23-24,35-36H,19-22H2,1-18H3/t23-,24-,31?,32?/m1/s1. The molecular formula is C34H66O14. The molecule has 2 saturated carbocycles. The molecular weight excluding hydrogens is 632 g/mol. The summed E-state index contributed by atoms with van der Waals surface area (Å²) in [6, 6.07) is 0. The molecule has 0 aliphatic heterocycles. The van der Waals surface area contributed by atoms with E-state index in [1.54, 1.807) is 83.1 Å². The second-order valence-corrected chi connectivity index (χ2v) is 19.0. The molecule has 2 rings (SSSR count). The van der Waals surface area contributed by atoms with E-state index in [1.165, 1.54) is 0 Å². The van der Waals surface area contributed by atoms with Gasteiger partial charge in [0.25, 0.3) is 23.1 Å². The third-order valence-electron chi connectivity index (χ3n) is 7.98. The average molecular weight is 699 g/mol. The SMILES string of the molecule is C[C@@H]1CC(C)(C)C(OOC(C)(C)C)(OOC(C)(C)C)C(OO)(OOC2(OO)C[C@H](C)CC(C)(C)C2(OOC(C)(C)C)OOC(C)(C)C)C1. The van der Waals surface area contributed by atoms with Crippen LogP contribution in [0.3, 0.4) is 0 Å². The minimum absolute atomic E-state index is 0.0694. The van der Waals surface area contributed by atoms with Crippen LogP contribution in [-0.2, 0) is 58.7 Å². The summed E-state index contributed by atoms with van der Waals surface area (Å²) in [4.78, 5) is 71.0. The predicted molar refractivity (Wildman–Crippen MR) is 173 cm³/mol. The Morgan fingerprint density at radius 1 is 0.417 bits per heavy atom. The van der Waals surface area contributed by atoms with Crippen LogP contribution in [0.2, 0.25) is 0 Å². The average Bonchev–Trinajstić information content (AvgIpc) is 2.86. The largest absolute Gasteiger partial charge is 0.297 e. The molecule has 14 nitrogen and oxygen atoms in total. The first kappa shape index (κ1) is 43.6. The Hall–Kier alpha value is -0.560. The minimum atomic E-state index is -2.34. The molecule has 0 heterocycles. The van der Waals surface area contributed by atoms with Crippen LogP contribution in [0.15, 0.2) is 0 Å². The molecule has 0 spiro atoms. The fourth-order valence-corrected chi connectivity index (χ4v) is 6.38. The highest BCUT2D eigenvalue weighted by molar-refractivity contribution is 5.06. The van der Waals surface area contributed by atoms with Gasteiger partial charge >= 0.3 is 0 Å². The molecule has 14 heteroatoms. The summed E-state index contributed by atoms with van der Waals surface area (Å²) in [6.45, 7) is 32.5. The molecule has 0 saturated heterocycles. The number of hydrogen-bond acceptors (Lipinski definition) is 14. The Balaban J connectivity index is 2.87. The highest BCUT2D eigenvalue weighted by Crippen LogP contribution is 2.60. The molecule has 2 aliphatic carbocycles. The maximum Gasteiger partial charge on any atom is 0.297 e. The van der Waals surface area contributed by atoms with E-state index >= 15 is 0 Å². The molecule has 2 unspecified atom stereocenters. The Morgan fingerprint density at radius 3 is 0.833 bits per heavy atom. The Kier molecular flexibility index (Phi) is 13.1. The molecule has 0 aromatic carbocycles. The van der Waals surface area contributed by atoms with Crippen molar-refractivity contribution in [1.82, 2.24) is 0 Å². The van der Waals surface area contributed by atoms with Crippen LogP contribution in [0.5, 0.6) is 0 Å². The van der Waals surface area contributed by atoms with E-state index in [-0.39, 0.29) is 24.7 Å². The molecule has 2 N–H and O–H groups in total. The van der Waals surface area contributed by atoms with Crippen LogP contribution >= 0.6 is 0 Å². The zero-order valence-corrected chi connectivity index (χ0v) is 32.8. The lowest BCUT2D eigenvalue weighted by Gasteiger charge is -2.58. The predicted octanol–water partition coefficient (Wildman–Crippen LogP) is 8.60. The van der Waals surface area contributed by atoms with E-state index in [0.29, 0.717) is 12.8 Å². The van der Waals surface area contributed by atoms with Crippen LogP contribution in [0.25, 0.3) is 0 Å². The zero-order valence-electron chi connectivity index (χ0n) is 32.8. The van der Waals surface area contributed by atoms with Gasteiger partial charge in [-0.1, -0.05) is 41.5 Å². The summed E-state index contributed by atoms with van der Waals surface area (Å²) in [6.07, 6.45) is 0.840. The second-order valence-electron chi connectivity index (χ2n) is 19.0. The zero-order chi connectivity index (χ0) is 37.5. The van der Waals surface area contributed by atoms with E-state index in [9.17, 15) is 10.5 Å². The first-order chi connectivity index (χ1) is 21.4. The van der Waals surface area contributed by atoms with Gasteiger partial charge in [0.2, 0.25) is 0 Å². The number of hydrogen-bond donors (Lipinski definition) is 2. The van der Waals surface area contributed by atoms with Crippen LogP contribution in [-0.4, -0.2) is 56.1 Å². The summed E-state index contributed by atoms with van der Waals surface area (Å²) in [7, 11) is 0. The van der Waals surface area contributed by atoms with Crippen molar-refractivity contribution in [3.05, 3.63) is 0 Å². The highest BCUT2D eigenvalue weighted by atomic mass is 17.4. The minimum Gasteiger partial charge on any atom is -0.248 e. The fourth-order valence-electron chi connectivity index (χ4n) is 6.38. The van der Waals surface area contributed by atoms with Crippen LogP contribution in [0, 0.1) is 22.7 Å². The van der Waals surface area contributed by atoms with Gasteiger partial charge in [0.1, 0.15) is 0 Å². The van der Waals surface area contributed by atoms with Gasteiger partial charge in [0.05, 0.1) is 22.4 Å². The maximum atomic E-state index is 10.9. The van der Waals surface area contributed by atoms with Crippen molar-refractivity contribution in [3.8, 4) is 0 Å². The molecule has 0 amide bonds. The Morgan fingerprint density at radius 2 is 0.646 bits per heavy atom. The van der Waals surface area contributed by atoms with Crippen molar-refractivity contribution in [3.63, 3.8) is 0 Å². The molecule has 48 heavy (non-hydrogen) atoms.